The van der Waals surface area contributed by atoms with Gasteiger partial charge in [-0.3, -0.25) is 0 Å². The quantitative estimate of drug-likeness (QED) is 0.749. The van der Waals surface area contributed by atoms with E-state index in [2.05, 4.69) is 0 Å². The molecule has 2 nitrogen and oxygen atoms in total. The Labute approximate surface area is 88.1 Å². The van der Waals surface area contributed by atoms with Gasteiger partial charge in [-0.1, -0.05) is 19.1 Å². The van der Waals surface area contributed by atoms with Gasteiger partial charge in [-0.25, -0.2) is 4.39 Å². The Morgan fingerprint density at radius 2 is 2.07 bits per heavy atom. The third kappa shape index (κ3) is 4.88. The highest BCUT2D eigenvalue weighted by Gasteiger charge is 2.14. The zero-order valence-corrected chi connectivity index (χ0v) is 9.10. The molecule has 5 heteroatoms. The van der Waals surface area contributed by atoms with Crippen molar-refractivity contribution >= 4 is 10.2 Å². The molecule has 1 aromatic carbocycles. The van der Waals surface area contributed by atoms with Crippen LogP contribution < -0.4 is 0 Å². The van der Waals surface area contributed by atoms with Crippen molar-refractivity contribution in [2.75, 3.05) is 5.75 Å². The highest BCUT2D eigenvalue weighted by molar-refractivity contribution is 7.86. The molecule has 0 aliphatic carbocycles. The topological polar surface area (TPSA) is 34.1 Å². The fraction of sp³-hybridized carbons (Fsp3) is 0.400. The van der Waals surface area contributed by atoms with E-state index in [0.717, 1.165) is 0 Å². The minimum absolute atomic E-state index is 0.348. The summed E-state index contributed by atoms with van der Waals surface area (Å²) in [6.07, 6.45) is 0.348. The molecule has 0 heterocycles. The molecule has 0 aromatic heterocycles. The minimum atomic E-state index is -4.45. The largest absolute Gasteiger partial charge is 0.302 e. The van der Waals surface area contributed by atoms with E-state index in [1.165, 1.54) is 12.1 Å². The van der Waals surface area contributed by atoms with Gasteiger partial charge in [0.25, 0.3) is 0 Å². The van der Waals surface area contributed by atoms with Crippen LogP contribution in [-0.2, 0) is 16.6 Å². The molecule has 0 bridgehead atoms. The van der Waals surface area contributed by atoms with Crippen LogP contribution in [0.3, 0.4) is 0 Å². The highest BCUT2D eigenvalue weighted by atomic mass is 32.3. The average molecular weight is 234 g/mol. The van der Waals surface area contributed by atoms with Gasteiger partial charge in [-0.2, -0.15) is 8.42 Å². The fourth-order valence-corrected chi connectivity index (χ4v) is 2.26. The molecule has 0 radical (unpaired) electrons. The Morgan fingerprint density at radius 3 is 2.60 bits per heavy atom. The number of hydrogen-bond donors (Lipinski definition) is 0. The van der Waals surface area contributed by atoms with Crippen molar-refractivity contribution in [2.24, 2.45) is 5.92 Å². The van der Waals surface area contributed by atoms with Crippen LogP contribution in [0.4, 0.5) is 8.28 Å². The van der Waals surface area contributed by atoms with E-state index in [9.17, 15) is 16.7 Å². The van der Waals surface area contributed by atoms with Gasteiger partial charge in [0.15, 0.2) is 0 Å². The molecule has 1 unspecified atom stereocenters. The molecule has 0 aliphatic heterocycles. The van der Waals surface area contributed by atoms with Gasteiger partial charge in [0, 0.05) is 0 Å². The van der Waals surface area contributed by atoms with E-state index in [0.29, 0.717) is 12.0 Å². The van der Waals surface area contributed by atoms with Crippen LogP contribution in [0.25, 0.3) is 0 Å². The molecule has 0 saturated heterocycles. The first-order valence-corrected chi connectivity index (χ1v) is 6.09. The molecule has 15 heavy (non-hydrogen) atoms. The number of benzene rings is 1. The Morgan fingerprint density at radius 1 is 1.40 bits per heavy atom. The summed E-state index contributed by atoms with van der Waals surface area (Å²) in [5.74, 6) is -1.26. The maximum absolute atomic E-state index is 12.8. The third-order valence-corrected chi connectivity index (χ3v) is 2.92. The van der Waals surface area contributed by atoms with E-state index in [1.807, 2.05) is 0 Å². The Balaban J connectivity index is 2.63. The monoisotopic (exact) mass is 234 g/mol. The smallest absolute Gasteiger partial charge is 0.207 e. The molecule has 84 valence electrons. The second kappa shape index (κ2) is 4.70. The van der Waals surface area contributed by atoms with Crippen LogP contribution in [-0.4, -0.2) is 14.2 Å². The summed E-state index contributed by atoms with van der Waals surface area (Å²) in [4.78, 5) is 0. The summed E-state index contributed by atoms with van der Waals surface area (Å²) in [5.41, 5.74) is 0.672. The third-order valence-electron chi connectivity index (χ3n) is 1.96. The van der Waals surface area contributed by atoms with Gasteiger partial charge in [0.1, 0.15) is 5.82 Å². The molecule has 0 fully saturated rings. The maximum Gasteiger partial charge on any atom is 0.302 e. The molecular formula is C10H12F2O2S. The predicted octanol–water partition coefficient (Wildman–Crippen LogP) is 2.30. The van der Waals surface area contributed by atoms with Gasteiger partial charge < -0.3 is 0 Å². The SMILES string of the molecule is CC(Cc1cccc(F)c1)CS(=O)(=O)F. The number of rotatable bonds is 4. The van der Waals surface area contributed by atoms with E-state index >= 15 is 0 Å². The fourth-order valence-electron chi connectivity index (χ4n) is 1.47. The standard InChI is InChI=1S/C10H12F2O2S/c1-8(7-15(12,13)14)5-9-3-2-4-10(11)6-9/h2-4,6,8H,5,7H2,1H3. The summed E-state index contributed by atoms with van der Waals surface area (Å²) >= 11 is 0. The van der Waals surface area contributed by atoms with Gasteiger partial charge in [0.05, 0.1) is 5.75 Å². The summed E-state index contributed by atoms with van der Waals surface area (Å²) in [6, 6.07) is 5.85. The van der Waals surface area contributed by atoms with Gasteiger partial charge in [-0.05, 0) is 30.0 Å². The van der Waals surface area contributed by atoms with Gasteiger partial charge in [0.2, 0.25) is 0 Å². The van der Waals surface area contributed by atoms with Crippen molar-refractivity contribution in [3.8, 4) is 0 Å². The Hall–Kier alpha value is -0.970. The van der Waals surface area contributed by atoms with E-state index in [4.69, 9.17) is 0 Å². The molecule has 1 atom stereocenters. The Kier molecular flexibility index (Phi) is 3.79. The van der Waals surface area contributed by atoms with E-state index in [1.54, 1.807) is 19.1 Å². The molecular weight excluding hydrogens is 222 g/mol. The summed E-state index contributed by atoms with van der Waals surface area (Å²) in [7, 11) is -4.45. The van der Waals surface area contributed by atoms with Gasteiger partial charge in [-0.15, -0.1) is 3.89 Å². The van der Waals surface area contributed by atoms with Crippen LogP contribution >= 0.6 is 0 Å². The maximum atomic E-state index is 12.8. The Bertz CT molecular complexity index is 429. The van der Waals surface area contributed by atoms with Crippen LogP contribution in [0.5, 0.6) is 0 Å². The van der Waals surface area contributed by atoms with Crippen LogP contribution in [0.1, 0.15) is 12.5 Å². The van der Waals surface area contributed by atoms with Gasteiger partial charge >= 0.3 is 10.2 Å². The molecule has 0 saturated carbocycles. The van der Waals surface area contributed by atoms with Crippen molar-refractivity contribution < 1.29 is 16.7 Å². The first-order valence-electron chi connectivity index (χ1n) is 4.53. The normalized spacial score (nSPS) is 13.8. The first-order chi connectivity index (χ1) is 6.87. The second-order valence-electron chi connectivity index (χ2n) is 3.64. The first kappa shape index (κ1) is 12.1. The van der Waals surface area contributed by atoms with Crippen molar-refractivity contribution in [2.45, 2.75) is 13.3 Å². The lowest BCUT2D eigenvalue weighted by Gasteiger charge is -2.08. The van der Waals surface area contributed by atoms with Crippen molar-refractivity contribution in [3.63, 3.8) is 0 Å². The van der Waals surface area contributed by atoms with Crippen LogP contribution in [0.15, 0.2) is 24.3 Å². The molecule has 1 rings (SSSR count). The summed E-state index contributed by atoms with van der Waals surface area (Å²) in [5, 5.41) is 0. The van der Waals surface area contributed by atoms with E-state index < -0.39 is 16.0 Å². The lowest BCUT2D eigenvalue weighted by molar-refractivity contribution is 0.529. The minimum Gasteiger partial charge on any atom is -0.207 e. The lowest BCUT2D eigenvalue weighted by Crippen LogP contribution is -2.11. The molecule has 0 amide bonds. The summed E-state index contributed by atoms with van der Waals surface area (Å²) < 4.78 is 45.8. The van der Waals surface area contributed by atoms with Crippen molar-refractivity contribution in [3.05, 3.63) is 35.6 Å². The molecule has 0 spiro atoms. The summed E-state index contributed by atoms with van der Waals surface area (Å²) in [6.45, 7) is 1.61. The molecule has 0 aliphatic rings. The number of hydrogen-bond acceptors (Lipinski definition) is 2. The van der Waals surface area contributed by atoms with Crippen LogP contribution in [0.2, 0.25) is 0 Å². The zero-order valence-electron chi connectivity index (χ0n) is 8.28. The molecule has 0 N–H and O–H groups in total. The highest BCUT2D eigenvalue weighted by Crippen LogP contribution is 2.12. The number of halogens is 2. The van der Waals surface area contributed by atoms with Crippen LogP contribution in [0, 0.1) is 11.7 Å². The molecule has 1 aromatic rings. The lowest BCUT2D eigenvalue weighted by atomic mass is 10.0. The van der Waals surface area contributed by atoms with E-state index in [-0.39, 0.29) is 11.7 Å². The second-order valence-corrected chi connectivity index (χ2v) is 5.06. The van der Waals surface area contributed by atoms with Crippen molar-refractivity contribution in [1.29, 1.82) is 0 Å². The predicted molar refractivity (Wildman–Crippen MR) is 54.2 cm³/mol. The average Bonchev–Trinajstić information content (AvgIpc) is 1.99. The van der Waals surface area contributed by atoms with Crippen molar-refractivity contribution in [1.82, 2.24) is 0 Å². The zero-order chi connectivity index (χ0) is 11.5.